The molecule has 0 radical (unpaired) electrons. The summed E-state index contributed by atoms with van der Waals surface area (Å²) in [5.41, 5.74) is 1.98. The Balaban J connectivity index is 1.55. The number of nitrogens with zero attached hydrogens (tertiary/aromatic N) is 2. The molecule has 0 saturated carbocycles. The van der Waals surface area contributed by atoms with E-state index in [1.165, 1.54) is 18.0 Å². The zero-order valence-electron chi connectivity index (χ0n) is 15.8. The average Bonchev–Trinajstić information content (AvgIpc) is 3.33. The number of hydrogen-bond acceptors (Lipinski definition) is 5. The highest BCUT2D eigenvalue weighted by Crippen LogP contribution is 2.24. The molecule has 0 fully saturated rings. The number of benzene rings is 1. The third kappa shape index (κ3) is 5.39. The largest absolute Gasteiger partial charge is 0.467 e. The highest BCUT2D eigenvalue weighted by Gasteiger charge is 2.14. The fraction of sp³-hybridized carbons (Fsp3) is 0.350. The minimum atomic E-state index is -0.543. The van der Waals surface area contributed by atoms with Gasteiger partial charge in [0, 0.05) is 6.54 Å². The molecule has 0 saturated heterocycles. The van der Waals surface area contributed by atoms with Crippen LogP contribution >= 0.6 is 11.8 Å². The first-order valence-corrected chi connectivity index (χ1v) is 10.3. The summed E-state index contributed by atoms with van der Waals surface area (Å²) in [6.45, 7) is 3.26. The number of rotatable bonds is 9. The first-order chi connectivity index (χ1) is 13.7. The van der Waals surface area contributed by atoms with Crippen molar-refractivity contribution in [2.45, 2.75) is 44.4 Å². The third-order valence-electron chi connectivity index (χ3n) is 4.19. The number of aryl methyl sites for hydroxylation is 1. The molecule has 0 aliphatic rings. The normalized spacial score (nSPS) is 10.9. The van der Waals surface area contributed by atoms with Gasteiger partial charge in [0.25, 0.3) is 0 Å². The number of carbonyl (C=O) groups excluding carboxylic acids is 2. The van der Waals surface area contributed by atoms with Crippen LogP contribution < -0.4 is 10.6 Å². The highest BCUT2D eigenvalue weighted by atomic mass is 32.2. The molecule has 0 unspecified atom stereocenters. The van der Waals surface area contributed by atoms with Crippen molar-refractivity contribution in [1.82, 2.24) is 20.2 Å². The number of fused-ring (bicyclic) bond motifs is 1. The van der Waals surface area contributed by atoms with Gasteiger partial charge < -0.3 is 14.3 Å². The summed E-state index contributed by atoms with van der Waals surface area (Å²) in [4.78, 5) is 28.6. The summed E-state index contributed by atoms with van der Waals surface area (Å²) in [7, 11) is 0. The SMILES string of the molecule is CCCCCn1c(SCC(=O)NC(=O)NCc2ccco2)nc2ccccc21. The number of aromatic nitrogens is 2. The number of urea groups is 1. The molecular formula is C20H24N4O3S. The van der Waals surface area contributed by atoms with Gasteiger partial charge in [0.15, 0.2) is 5.16 Å². The van der Waals surface area contributed by atoms with Gasteiger partial charge in [-0.1, -0.05) is 43.7 Å². The zero-order valence-corrected chi connectivity index (χ0v) is 16.6. The second-order valence-electron chi connectivity index (χ2n) is 6.34. The summed E-state index contributed by atoms with van der Waals surface area (Å²) < 4.78 is 7.29. The molecule has 0 bridgehead atoms. The van der Waals surface area contributed by atoms with Crippen molar-refractivity contribution in [3.63, 3.8) is 0 Å². The van der Waals surface area contributed by atoms with E-state index in [1.807, 2.05) is 24.3 Å². The maximum absolute atomic E-state index is 12.1. The number of unbranched alkanes of at least 4 members (excludes halogenated alkanes) is 2. The number of hydrogen-bond donors (Lipinski definition) is 2. The van der Waals surface area contributed by atoms with E-state index in [1.54, 1.807) is 12.1 Å². The van der Waals surface area contributed by atoms with Gasteiger partial charge in [0.05, 0.1) is 29.6 Å². The summed E-state index contributed by atoms with van der Waals surface area (Å²) in [5, 5.41) is 5.71. The van der Waals surface area contributed by atoms with Gasteiger partial charge in [0.1, 0.15) is 5.76 Å². The lowest BCUT2D eigenvalue weighted by molar-refractivity contribution is -0.117. The predicted molar refractivity (Wildman–Crippen MR) is 109 cm³/mol. The standard InChI is InChI=1S/C20H24N4O3S/c1-2-3-6-11-24-17-10-5-4-9-16(17)22-20(24)28-14-18(25)23-19(26)21-13-15-8-7-12-27-15/h4-5,7-10,12H,2-3,6,11,13-14H2,1H3,(H2,21,23,25,26). The zero-order chi connectivity index (χ0) is 19.8. The smallest absolute Gasteiger partial charge is 0.321 e. The lowest BCUT2D eigenvalue weighted by Crippen LogP contribution is -2.39. The molecule has 3 rings (SSSR count). The van der Waals surface area contributed by atoms with Crippen LogP contribution in [0.3, 0.4) is 0 Å². The maximum Gasteiger partial charge on any atom is 0.321 e. The average molecular weight is 401 g/mol. The molecule has 0 atom stereocenters. The van der Waals surface area contributed by atoms with E-state index in [2.05, 4.69) is 27.1 Å². The Morgan fingerprint density at radius 2 is 2.04 bits per heavy atom. The predicted octanol–water partition coefficient (Wildman–Crippen LogP) is 3.94. The Labute approximate surface area is 167 Å². The van der Waals surface area contributed by atoms with Gasteiger partial charge >= 0.3 is 6.03 Å². The highest BCUT2D eigenvalue weighted by molar-refractivity contribution is 7.99. The van der Waals surface area contributed by atoms with Gasteiger partial charge in [0.2, 0.25) is 5.91 Å². The number of thioether (sulfide) groups is 1. The van der Waals surface area contributed by atoms with Crippen molar-refractivity contribution in [3.05, 3.63) is 48.4 Å². The minimum Gasteiger partial charge on any atom is -0.467 e. The summed E-state index contributed by atoms with van der Waals surface area (Å²) in [6.07, 6.45) is 4.88. The van der Waals surface area contributed by atoms with Gasteiger partial charge in [-0.3, -0.25) is 10.1 Å². The molecule has 3 aromatic rings. The monoisotopic (exact) mass is 400 g/mol. The second-order valence-corrected chi connectivity index (χ2v) is 7.28. The Kier molecular flexibility index (Phi) is 7.13. The van der Waals surface area contributed by atoms with Crippen LogP contribution in [-0.2, 0) is 17.9 Å². The Hall–Kier alpha value is -2.74. The molecule has 2 heterocycles. The van der Waals surface area contributed by atoms with Crippen LogP contribution in [0.15, 0.2) is 52.2 Å². The van der Waals surface area contributed by atoms with Crippen LogP contribution in [0.25, 0.3) is 11.0 Å². The molecule has 8 heteroatoms. The second kappa shape index (κ2) is 9.98. The number of carbonyl (C=O) groups is 2. The molecule has 0 aliphatic heterocycles. The quantitative estimate of drug-likeness (QED) is 0.419. The molecule has 3 amide bonds. The molecule has 2 aromatic heterocycles. The molecule has 0 aliphatic carbocycles. The van der Waals surface area contributed by atoms with E-state index in [0.717, 1.165) is 42.0 Å². The van der Waals surface area contributed by atoms with Crippen molar-refractivity contribution in [2.75, 3.05) is 5.75 Å². The third-order valence-corrected chi connectivity index (χ3v) is 5.17. The number of imide groups is 1. The van der Waals surface area contributed by atoms with Crippen LogP contribution in [0.2, 0.25) is 0 Å². The van der Waals surface area contributed by atoms with E-state index in [-0.39, 0.29) is 18.2 Å². The summed E-state index contributed by atoms with van der Waals surface area (Å²) >= 11 is 1.34. The van der Waals surface area contributed by atoms with Crippen molar-refractivity contribution < 1.29 is 14.0 Å². The van der Waals surface area contributed by atoms with Gasteiger partial charge in [-0.2, -0.15) is 0 Å². The summed E-state index contributed by atoms with van der Waals surface area (Å²) in [5.74, 6) is 0.373. The molecular weight excluding hydrogens is 376 g/mol. The van der Waals surface area contributed by atoms with E-state index < -0.39 is 6.03 Å². The fourth-order valence-corrected chi connectivity index (χ4v) is 3.66. The number of imidazole rings is 1. The molecule has 7 nitrogen and oxygen atoms in total. The Morgan fingerprint density at radius 1 is 1.18 bits per heavy atom. The van der Waals surface area contributed by atoms with Crippen LogP contribution in [0, 0.1) is 0 Å². The lowest BCUT2D eigenvalue weighted by Gasteiger charge is -2.09. The molecule has 0 spiro atoms. The van der Waals surface area contributed by atoms with Crippen molar-refractivity contribution in [1.29, 1.82) is 0 Å². The van der Waals surface area contributed by atoms with E-state index in [9.17, 15) is 9.59 Å². The summed E-state index contributed by atoms with van der Waals surface area (Å²) in [6, 6.07) is 10.9. The topological polar surface area (TPSA) is 89.2 Å². The van der Waals surface area contributed by atoms with Crippen molar-refractivity contribution >= 4 is 34.7 Å². The first-order valence-electron chi connectivity index (χ1n) is 9.35. The lowest BCUT2D eigenvalue weighted by atomic mass is 10.2. The number of furan rings is 1. The van der Waals surface area contributed by atoms with Crippen molar-refractivity contribution in [2.24, 2.45) is 0 Å². The van der Waals surface area contributed by atoms with Crippen LogP contribution in [-0.4, -0.2) is 27.2 Å². The van der Waals surface area contributed by atoms with Crippen LogP contribution in [0.5, 0.6) is 0 Å². The van der Waals surface area contributed by atoms with E-state index in [0.29, 0.717) is 5.76 Å². The van der Waals surface area contributed by atoms with Gasteiger partial charge in [-0.15, -0.1) is 0 Å². The van der Waals surface area contributed by atoms with Crippen LogP contribution in [0.4, 0.5) is 4.79 Å². The number of amides is 3. The molecule has 148 valence electrons. The maximum atomic E-state index is 12.1. The van der Waals surface area contributed by atoms with Gasteiger partial charge in [-0.05, 0) is 30.7 Å². The Bertz CT molecular complexity index is 921. The Morgan fingerprint density at radius 3 is 2.82 bits per heavy atom. The number of para-hydroxylation sites is 2. The van der Waals surface area contributed by atoms with E-state index in [4.69, 9.17) is 4.42 Å². The molecule has 1 aromatic carbocycles. The first kappa shape index (κ1) is 20.0. The molecule has 28 heavy (non-hydrogen) atoms. The van der Waals surface area contributed by atoms with Crippen molar-refractivity contribution in [3.8, 4) is 0 Å². The fourth-order valence-electron chi connectivity index (χ4n) is 2.82. The van der Waals surface area contributed by atoms with E-state index >= 15 is 0 Å². The molecule has 2 N–H and O–H groups in total. The van der Waals surface area contributed by atoms with Gasteiger partial charge in [-0.25, -0.2) is 9.78 Å². The minimum absolute atomic E-state index is 0.116. The van der Waals surface area contributed by atoms with Crippen LogP contribution in [0.1, 0.15) is 31.9 Å². The number of nitrogens with one attached hydrogen (secondary N) is 2.